The van der Waals surface area contributed by atoms with Crippen molar-refractivity contribution in [1.29, 1.82) is 5.26 Å². The van der Waals surface area contributed by atoms with Gasteiger partial charge >= 0.3 is 6.18 Å². The lowest BCUT2D eigenvalue weighted by Gasteiger charge is -2.18. The number of rotatable bonds is 3. The molecule has 0 N–H and O–H groups in total. The number of fused-ring (bicyclic) bond motifs is 1. The van der Waals surface area contributed by atoms with Gasteiger partial charge in [0.2, 0.25) is 0 Å². The minimum absolute atomic E-state index is 0.260. The van der Waals surface area contributed by atoms with Crippen LogP contribution in [0.1, 0.15) is 21.5 Å². The SMILES string of the molecule is CN(C(=O)c1ccc(C#N)cc1)c1ccn2ncc(-c3ccc(C(F)(F)F)cc3)c2c1. The quantitative estimate of drug-likeness (QED) is 0.460. The van der Waals surface area contributed by atoms with E-state index in [9.17, 15) is 18.0 Å². The van der Waals surface area contributed by atoms with Crippen molar-refractivity contribution < 1.29 is 18.0 Å². The third kappa shape index (κ3) is 3.85. The molecular weight excluding hydrogens is 405 g/mol. The van der Waals surface area contributed by atoms with Crippen molar-refractivity contribution in [2.75, 3.05) is 11.9 Å². The van der Waals surface area contributed by atoms with Gasteiger partial charge in [0.25, 0.3) is 5.91 Å². The molecule has 0 spiro atoms. The van der Waals surface area contributed by atoms with E-state index in [4.69, 9.17) is 5.26 Å². The molecule has 5 nitrogen and oxygen atoms in total. The average Bonchev–Trinajstić information content (AvgIpc) is 3.21. The zero-order chi connectivity index (χ0) is 22.2. The van der Waals surface area contributed by atoms with Crippen molar-refractivity contribution in [3.05, 3.63) is 89.7 Å². The van der Waals surface area contributed by atoms with Crippen molar-refractivity contribution in [2.45, 2.75) is 6.18 Å². The fourth-order valence-corrected chi connectivity index (χ4v) is 3.24. The Bertz CT molecular complexity index is 1300. The summed E-state index contributed by atoms with van der Waals surface area (Å²) < 4.78 is 40.1. The van der Waals surface area contributed by atoms with Gasteiger partial charge in [0, 0.05) is 30.1 Å². The first kappa shape index (κ1) is 20.2. The van der Waals surface area contributed by atoms with Crippen molar-refractivity contribution in [3.63, 3.8) is 0 Å². The van der Waals surface area contributed by atoms with E-state index >= 15 is 0 Å². The number of nitriles is 1. The third-order valence-electron chi connectivity index (χ3n) is 4.98. The lowest BCUT2D eigenvalue weighted by atomic mass is 10.0. The van der Waals surface area contributed by atoms with Gasteiger partial charge in [-0.2, -0.15) is 23.5 Å². The third-order valence-corrected chi connectivity index (χ3v) is 4.98. The van der Waals surface area contributed by atoms with Crippen LogP contribution in [0.2, 0.25) is 0 Å². The van der Waals surface area contributed by atoms with Crippen LogP contribution in [0.4, 0.5) is 18.9 Å². The smallest absolute Gasteiger partial charge is 0.311 e. The monoisotopic (exact) mass is 420 g/mol. The summed E-state index contributed by atoms with van der Waals surface area (Å²) in [4.78, 5) is 14.3. The number of hydrogen-bond acceptors (Lipinski definition) is 3. The van der Waals surface area contributed by atoms with Crippen molar-refractivity contribution in [1.82, 2.24) is 9.61 Å². The topological polar surface area (TPSA) is 61.4 Å². The second kappa shape index (κ2) is 7.61. The van der Waals surface area contributed by atoms with Gasteiger partial charge in [0.15, 0.2) is 0 Å². The highest BCUT2D eigenvalue weighted by Gasteiger charge is 2.30. The molecule has 0 aliphatic carbocycles. The van der Waals surface area contributed by atoms with Crippen LogP contribution in [0.25, 0.3) is 16.6 Å². The molecule has 2 heterocycles. The second-order valence-corrected chi connectivity index (χ2v) is 6.90. The molecule has 8 heteroatoms. The fourth-order valence-electron chi connectivity index (χ4n) is 3.24. The van der Waals surface area contributed by atoms with Gasteiger partial charge in [-0.3, -0.25) is 4.79 Å². The van der Waals surface area contributed by atoms with E-state index < -0.39 is 11.7 Å². The molecule has 4 rings (SSSR count). The molecule has 4 aromatic rings. The highest BCUT2D eigenvalue weighted by atomic mass is 19.4. The van der Waals surface area contributed by atoms with E-state index in [2.05, 4.69) is 5.10 Å². The summed E-state index contributed by atoms with van der Waals surface area (Å²) in [7, 11) is 1.63. The summed E-state index contributed by atoms with van der Waals surface area (Å²) in [6, 6.07) is 16.7. The van der Waals surface area contributed by atoms with Crippen molar-refractivity contribution >= 4 is 17.1 Å². The summed E-state index contributed by atoms with van der Waals surface area (Å²) in [5, 5.41) is 13.1. The lowest BCUT2D eigenvalue weighted by molar-refractivity contribution is -0.137. The Labute approximate surface area is 175 Å². The number of aromatic nitrogens is 2. The number of anilines is 1. The molecule has 0 saturated carbocycles. The lowest BCUT2D eigenvalue weighted by Crippen LogP contribution is -2.26. The summed E-state index contributed by atoms with van der Waals surface area (Å²) >= 11 is 0. The van der Waals surface area contributed by atoms with Crippen LogP contribution in [-0.2, 0) is 6.18 Å². The maximum Gasteiger partial charge on any atom is 0.416 e. The van der Waals surface area contributed by atoms with E-state index in [0.717, 1.165) is 12.1 Å². The number of carbonyl (C=O) groups excluding carboxylic acids is 1. The minimum Gasteiger partial charge on any atom is -0.311 e. The maximum atomic E-state index is 12.8. The number of alkyl halides is 3. The van der Waals surface area contributed by atoms with Gasteiger partial charge in [-0.25, -0.2) is 4.52 Å². The van der Waals surface area contributed by atoms with Crippen LogP contribution in [-0.4, -0.2) is 22.6 Å². The Morgan fingerprint density at radius 3 is 2.35 bits per heavy atom. The molecule has 154 valence electrons. The fraction of sp³-hybridized carbons (Fsp3) is 0.0870. The molecule has 31 heavy (non-hydrogen) atoms. The van der Waals surface area contributed by atoms with Gasteiger partial charge in [-0.1, -0.05) is 12.1 Å². The zero-order valence-corrected chi connectivity index (χ0v) is 16.3. The zero-order valence-electron chi connectivity index (χ0n) is 16.3. The molecule has 0 saturated heterocycles. The Morgan fingerprint density at radius 2 is 1.74 bits per heavy atom. The van der Waals surface area contributed by atoms with E-state index in [1.54, 1.807) is 60.4 Å². The van der Waals surface area contributed by atoms with Gasteiger partial charge in [-0.05, 0) is 54.1 Å². The van der Waals surface area contributed by atoms with Crippen LogP contribution in [0.3, 0.4) is 0 Å². The summed E-state index contributed by atoms with van der Waals surface area (Å²) in [5.74, 6) is -0.260. The van der Waals surface area contributed by atoms with Gasteiger partial charge in [0.1, 0.15) is 0 Å². The van der Waals surface area contributed by atoms with Gasteiger partial charge < -0.3 is 4.90 Å². The van der Waals surface area contributed by atoms with Crippen LogP contribution < -0.4 is 4.90 Å². The normalized spacial score (nSPS) is 11.3. The Morgan fingerprint density at radius 1 is 1.06 bits per heavy atom. The molecule has 0 radical (unpaired) electrons. The van der Waals surface area contributed by atoms with Crippen LogP contribution in [0.15, 0.2) is 73.1 Å². The van der Waals surface area contributed by atoms with Crippen LogP contribution in [0, 0.1) is 11.3 Å². The Hall–Kier alpha value is -4.12. The molecule has 0 fully saturated rings. The predicted molar refractivity (Wildman–Crippen MR) is 110 cm³/mol. The molecule has 2 aromatic carbocycles. The first-order valence-electron chi connectivity index (χ1n) is 9.21. The molecular formula is C23H15F3N4O. The first-order valence-corrected chi connectivity index (χ1v) is 9.21. The highest BCUT2D eigenvalue weighted by Crippen LogP contribution is 2.32. The van der Waals surface area contributed by atoms with Crippen molar-refractivity contribution in [3.8, 4) is 17.2 Å². The largest absolute Gasteiger partial charge is 0.416 e. The first-order chi connectivity index (χ1) is 14.8. The molecule has 2 aromatic heterocycles. The maximum absolute atomic E-state index is 12.8. The minimum atomic E-state index is -4.40. The summed E-state index contributed by atoms with van der Waals surface area (Å²) in [6.45, 7) is 0. The predicted octanol–water partition coefficient (Wildman–Crippen LogP) is 5.17. The van der Waals surface area contributed by atoms with E-state index in [1.165, 1.54) is 17.0 Å². The second-order valence-electron chi connectivity index (χ2n) is 6.90. The standard InChI is InChI=1S/C23H15F3N4O/c1-29(22(31)17-4-2-15(13-27)3-5-17)19-10-11-30-21(12-19)20(14-28-30)16-6-8-18(9-7-16)23(24,25)26/h2-12,14H,1H3. The van der Waals surface area contributed by atoms with Crippen LogP contribution in [0.5, 0.6) is 0 Å². The number of amides is 1. The average molecular weight is 420 g/mol. The number of hydrogen-bond donors (Lipinski definition) is 0. The van der Waals surface area contributed by atoms with Gasteiger partial charge in [0.05, 0.1) is 28.9 Å². The molecule has 0 unspecified atom stereocenters. The van der Waals surface area contributed by atoms with Crippen LogP contribution >= 0.6 is 0 Å². The van der Waals surface area contributed by atoms with E-state index in [1.807, 2.05) is 6.07 Å². The molecule has 0 aliphatic heterocycles. The Kier molecular flexibility index (Phi) is 4.95. The van der Waals surface area contributed by atoms with E-state index in [0.29, 0.717) is 33.5 Å². The van der Waals surface area contributed by atoms with E-state index in [-0.39, 0.29) is 5.91 Å². The summed E-state index contributed by atoms with van der Waals surface area (Å²) in [6.07, 6.45) is -1.15. The summed E-state index contributed by atoms with van der Waals surface area (Å²) in [5.41, 5.74) is 2.64. The molecule has 0 bridgehead atoms. The molecule has 0 aliphatic rings. The highest BCUT2D eigenvalue weighted by molar-refractivity contribution is 6.06. The number of halogens is 3. The Balaban J connectivity index is 1.67. The molecule has 0 atom stereocenters. The van der Waals surface area contributed by atoms with Gasteiger partial charge in [-0.15, -0.1) is 0 Å². The number of benzene rings is 2. The number of nitrogens with zero attached hydrogens (tertiary/aromatic N) is 4. The van der Waals surface area contributed by atoms with Crippen molar-refractivity contribution in [2.24, 2.45) is 0 Å². The number of pyridine rings is 1. The number of carbonyl (C=O) groups is 1. The molecule has 1 amide bonds.